The molecule has 0 radical (unpaired) electrons. The van der Waals surface area contributed by atoms with Crippen LogP contribution in [0, 0.1) is 5.82 Å². The number of rotatable bonds is 4. The number of nitrogens with one attached hydrogen (secondary N) is 1. The summed E-state index contributed by atoms with van der Waals surface area (Å²) in [5, 5.41) is 2.65. The number of nitrogens with zero attached hydrogens (tertiary/aromatic N) is 1. The molecule has 164 valence electrons. The first-order valence-electron chi connectivity index (χ1n) is 10.4. The van der Waals surface area contributed by atoms with Crippen LogP contribution in [0.5, 0.6) is 0 Å². The molecule has 32 heavy (non-hydrogen) atoms. The highest BCUT2D eigenvalue weighted by molar-refractivity contribution is 8.00. The van der Waals surface area contributed by atoms with Gasteiger partial charge < -0.3 is 5.32 Å². The Kier molecular flexibility index (Phi) is 6.07. The van der Waals surface area contributed by atoms with Crippen molar-refractivity contribution in [3.05, 3.63) is 95.3 Å². The summed E-state index contributed by atoms with van der Waals surface area (Å²) < 4.78 is 13.4. The van der Waals surface area contributed by atoms with E-state index in [1.807, 2.05) is 29.2 Å². The lowest BCUT2D eigenvalue weighted by Crippen LogP contribution is -2.28. The minimum absolute atomic E-state index is 0.0491. The van der Waals surface area contributed by atoms with Gasteiger partial charge >= 0.3 is 0 Å². The number of amides is 2. The van der Waals surface area contributed by atoms with Crippen molar-refractivity contribution in [2.24, 2.45) is 0 Å². The maximum absolute atomic E-state index is 13.4. The fourth-order valence-corrected chi connectivity index (χ4v) is 4.81. The average molecular weight is 449 g/mol. The van der Waals surface area contributed by atoms with E-state index in [1.54, 1.807) is 30.0 Å². The monoisotopic (exact) mass is 448 g/mol. The molecule has 3 aromatic carbocycles. The molecule has 4 nitrogen and oxygen atoms in total. The number of benzene rings is 3. The molecule has 0 bridgehead atoms. The molecule has 3 aromatic rings. The SMILES string of the molecule is CC(C)(C)c1ccc(N2C(=O)CS[C@H]2c2ccc(NC(=O)c3cccc(F)c3)cc2)cc1. The smallest absolute Gasteiger partial charge is 0.255 e. The summed E-state index contributed by atoms with van der Waals surface area (Å²) in [5.41, 5.74) is 3.99. The van der Waals surface area contributed by atoms with E-state index in [2.05, 4.69) is 38.2 Å². The number of carbonyl (C=O) groups is 2. The molecule has 0 unspecified atom stereocenters. The van der Waals surface area contributed by atoms with Crippen molar-refractivity contribution in [3.63, 3.8) is 0 Å². The normalized spacial score (nSPS) is 16.3. The van der Waals surface area contributed by atoms with Crippen molar-refractivity contribution in [2.45, 2.75) is 31.6 Å². The van der Waals surface area contributed by atoms with E-state index in [0.717, 1.165) is 11.3 Å². The number of halogens is 1. The molecule has 1 N–H and O–H groups in total. The molecular formula is C26H25FN2O2S. The van der Waals surface area contributed by atoms with Gasteiger partial charge in [-0.05, 0) is 59.0 Å². The second-order valence-electron chi connectivity index (χ2n) is 8.81. The lowest BCUT2D eigenvalue weighted by Gasteiger charge is -2.26. The Morgan fingerprint density at radius 1 is 1.03 bits per heavy atom. The fourth-order valence-electron chi connectivity index (χ4n) is 3.64. The third-order valence-electron chi connectivity index (χ3n) is 5.42. The summed E-state index contributed by atoms with van der Waals surface area (Å²) in [5.74, 6) is -0.328. The topological polar surface area (TPSA) is 49.4 Å². The predicted octanol–water partition coefficient (Wildman–Crippen LogP) is 6.15. The third-order valence-corrected chi connectivity index (χ3v) is 6.63. The van der Waals surface area contributed by atoms with Crippen molar-refractivity contribution in [3.8, 4) is 0 Å². The summed E-state index contributed by atoms with van der Waals surface area (Å²) in [6.45, 7) is 6.49. The van der Waals surface area contributed by atoms with Crippen LogP contribution in [0.2, 0.25) is 0 Å². The highest BCUT2D eigenvalue weighted by Crippen LogP contribution is 2.42. The van der Waals surface area contributed by atoms with Gasteiger partial charge in [0.25, 0.3) is 5.91 Å². The van der Waals surface area contributed by atoms with Crippen LogP contribution in [0.25, 0.3) is 0 Å². The molecule has 1 aliphatic heterocycles. The molecular weight excluding hydrogens is 423 g/mol. The number of anilines is 2. The minimum Gasteiger partial charge on any atom is -0.322 e. The first-order chi connectivity index (χ1) is 15.2. The summed E-state index contributed by atoms with van der Waals surface area (Å²) in [7, 11) is 0. The van der Waals surface area contributed by atoms with Gasteiger partial charge in [0.1, 0.15) is 11.2 Å². The highest BCUT2D eigenvalue weighted by Gasteiger charge is 2.34. The van der Waals surface area contributed by atoms with Gasteiger partial charge in [0.2, 0.25) is 5.91 Å². The van der Waals surface area contributed by atoms with Crippen LogP contribution in [-0.2, 0) is 10.2 Å². The van der Waals surface area contributed by atoms with Crippen LogP contribution < -0.4 is 10.2 Å². The van der Waals surface area contributed by atoms with Crippen LogP contribution in [0.4, 0.5) is 15.8 Å². The molecule has 4 rings (SSSR count). The van der Waals surface area contributed by atoms with Gasteiger partial charge in [0.05, 0.1) is 5.75 Å². The summed E-state index contributed by atoms with van der Waals surface area (Å²) in [4.78, 5) is 26.8. The summed E-state index contributed by atoms with van der Waals surface area (Å²) in [6.07, 6.45) is 0. The maximum Gasteiger partial charge on any atom is 0.255 e. The molecule has 0 spiro atoms. The quantitative estimate of drug-likeness (QED) is 0.520. The molecule has 1 saturated heterocycles. The van der Waals surface area contributed by atoms with E-state index in [9.17, 15) is 14.0 Å². The van der Waals surface area contributed by atoms with Crippen LogP contribution in [0.1, 0.15) is 47.6 Å². The zero-order valence-electron chi connectivity index (χ0n) is 18.3. The van der Waals surface area contributed by atoms with E-state index in [4.69, 9.17) is 0 Å². The van der Waals surface area contributed by atoms with Crippen molar-refractivity contribution < 1.29 is 14.0 Å². The number of hydrogen-bond donors (Lipinski definition) is 1. The van der Waals surface area contributed by atoms with Gasteiger partial charge in [-0.1, -0.05) is 51.1 Å². The Balaban J connectivity index is 1.51. The molecule has 2 amide bonds. The molecule has 6 heteroatoms. The van der Waals surface area contributed by atoms with Gasteiger partial charge in [-0.25, -0.2) is 4.39 Å². The molecule has 0 saturated carbocycles. The van der Waals surface area contributed by atoms with Gasteiger partial charge in [-0.2, -0.15) is 0 Å². The zero-order valence-corrected chi connectivity index (χ0v) is 19.1. The molecule has 1 aliphatic rings. The van der Waals surface area contributed by atoms with E-state index in [-0.39, 0.29) is 28.2 Å². The Bertz CT molecular complexity index is 1140. The maximum atomic E-state index is 13.4. The number of carbonyl (C=O) groups excluding carboxylic acids is 2. The second kappa shape index (κ2) is 8.79. The van der Waals surface area contributed by atoms with Gasteiger partial charge in [0, 0.05) is 16.9 Å². The third kappa shape index (κ3) is 4.70. The summed E-state index contributed by atoms with van der Waals surface area (Å²) in [6, 6.07) is 21.2. The first kappa shape index (κ1) is 22.1. The van der Waals surface area contributed by atoms with Crippen molar-refractivity contribution in [2.75, 3.05) is 16.0 Å². The number of hydrogen-bond acceptors (Lipinski definition) is 3. The second-order valence-corrected chi connectivity index (χ2v) is 9.88. The molecule has 1 atom stereocenters. The van der Waals surface area contributed by atoms with E-state index in [1.165, 1.54) is 23.8 Å². The minimum atomic E-state index is -0.452. The van der Waals surface area contributed by atoms with Crippen LogP contribution in [0.3, 0.4) is 0 Å². The van der Waals surface area contributed by atoms with E-state index >= 15 is 0 Å². The lowest BCUT2D eigenvalue weighted by molar-refractivity contribution is -0.115. The lowest BCUT2D eigenvalue weighted by atomic mass is 9.87. The molecule has 1 fully saturated rings. The Morgan fingerprint density at radius 2 is 1.72 bits per heavy atom. The Hall–Kier alpha value is -3.12. The Morgan fingerprint density at radius 3 is 2.34 bits per heavy atom. The van der Waals surface area contributed by atoms with Crippen LogP contribution in [0.15, 0.2) is 72.8 Å². The molecule has 1 heterocycles. The van der Waals surface area contributed by atoms with Crippen LogP contribution >= 0.6 is 11.8 Å². The van der Waals surface area contributed by atoms with Crippen molar-refractivity contribution in [1.29, 1.82) is 0 Å². The zero-order chi connectivity index (χ0) is 22.9. The average Bonchev–Trinajstić information content (AvgIpc) is 3.15. The summed E-state index contributed by atoms with van der Waals surface area (Å²) >= 11 is 1.58. The van der Waals surface area contributed by atoms with Gasteiger partial charge in [-0.15, -0.1) is 11.8 Å². The molecule has 0 aliphatic carbocycles. The van der Waals surface area contributed by atoms with Crippen LogP contribution in [-0.4, -0.2) is 17.6 Å². The Labute approximate surface area is 191 Å². The van der Waals surface area contributed by atoms with E-state index in [0.29, 0.717) is 11.4 Å². The first-order valence-corrected chi connectivity index (χ1v) is 11.5. The predicted molar refractivity (Wildman–Crippen MR) is 129 cm³/mol. The van der Waals surface area contributed by atoms with Gasteiger partial charge in [-0.3, -0.25) is 14.5 Å². The van der Waals surface area contributed by atoms with Crippen molar-refractivity contribution in [1.82, 2.24) is 0 Å². The van der Waals surface area contributed by atoms with Crippen molar-refractivity contribution >= 4 is 35.0 Å². The largest absolute Gasteiger partial charge is 0.322 e. The number of thioether (sulfide) groups is 1. The molecule has 0 aromatic heterocycles. The van der Waals surface area contributed by atoms with Gasteiger partial charge in [0.15, 0.2) is 0 Å². The fraction of sp³-hybridized carbons (Fsp3) is 0.231. The standard InChI is InChI=1S/C26H25FN2O2S/c1-26(2,3)19-9-13-22(14-10-19)29-23(30)16-32-25(29)17-7-11-21(12-8-17)28-24(31)18-5-4-6-20(27)15-18/h4-15,25H,16H2,1-3H3,(H,28,31)/t25-/m0/s1. The van der Waals surface area contributed by atoms with E-state index < -0.39 is 5.82 Å². The highest BCUT2D eigenvalue weighted by atomic mass is 32.2.